The molecule has 6 nitrogen and oxygen atoms in total. The van der Waals surface area contributed by atoms with Crippen LogP contribution in [0.2, 0.25) is 0 Å². The van der Waals surface area contributed by atoms with E-state index in [1.54, 1.807) is 6.20 Å². The van der Waals surface area contributed by atoms with Crippen LogP contribution < -0.4 is 10.1 Å². The first-order chi connectivity index (χ1) is 16.2. The highest BCUT2D eigenvalue weighted by atomic mass is 32.1. The molecule has 0 bridgehead atoms. The Hall–Kier alpha value is -3.97. The van der Waals surface area contributed by atoms with Crippen LogP contribution in [0.1, 0.15) is 26.6 Å². The monoisotopic (exact) mass is 454 g/mol. The Morgan fingerprint density at radius 1 is 1.03 bits per heavy atom. The minimum absolute atomic E-state index is 0.149. The van der Waals surface area contributed by atoms with Gasteiger partial charge in [-0.15, -0.1) is 11.3 Å². The topological polar surface area (TPSA) is 69.0 Å². The minimum atomic E-state index is -0.149. The van der Waals surface area contributed by atoms with Crippen molar-refractivity contribution >= 4 is 33.1 Å². The Kier molecular flexibility index (Phi) is 5.87. The maximum absolute atomic E-state index is 13.0. The number of hydrogen-bond donors (Lipinski definition) is 1. The highest BCUT2D eigenvalue weighted by Crippen LogP contribution is 2.30. The summed E-state index contributed by atoms with van der Waals surface area (Å²) in [6, 6.07) is 25.2. The maximum atomic E-state index is 13.0. The smallest absolute Gasteiger partial charge is 0.265 e. The van der Waals surface area contributed by atoms with Gasteiger partial charge in [-0.1, -0.05) is 42.5 Å². The molecule has 0 radical (unpaired) electrons. The number of rotatable bonds is 7. The SMILES string of the molecule is Cc1nn(Cc2ccccc2)c2sc(C(=O)Nc3cccc(OCc4ccccn4)c3)cc12. The molecule has 0 saturated carbocycles. The molecule has 164 valence electrons. The molecule has 0 aliphatic carbocycles. The van der Waals surface area contributed by atoms with Crippen LogP contribution in [0.15, 0.2) is 85.1 Å². The number of thiophene rings is 1. The molecule has 1 amide bonds. The maximum Gasteiger partial charge on any atom is 0.265 e. The second kappa shape index (κ2) is 9.26. The van der Waals surface area contributed by atoms with Crippen molar-refractivity contribution in [3.8, 4) is 5.75 Å². The van der Waals surface area contributed by atoms with E-state index in [9.17, 15) is 4.79 Å². The van der Waals surface area contributed by atoms with Gasteiger partial charge in [-0.25, -0.2) is 0 Å². The van der Waals surface area contributed by atoms with Crippen molar-refractivity contribution in [1.29, 1.82) is 0 Å². The molecule has 5 rings (SSSR count). The molecule has 0 aliphatic rings. The van der Waals surface area contributed by atoms with Crippen LogP contribution in [0.4, 0.5) is 5.69 Å². The van der Waals surface area contributed by atoms with Crippen LogP contribution in [0, 0.1) is 6.92 Å². The summed E-state index contributed by atoms with van der Waals surface area (Å²) in [5.74, 6) is 0.521. The summed E-state index contributed by atoms with van der Waals surface area (Å²) in [6.07, 6.45) is 1.74. The molecule has 5 aromatic rings. The van der Waals surface area contributed by atoms with E-state index >= 15 is 0 Å². The Morgan fingerprint density at radius 3 is 2.70 bits per heavy atom. The number of nitrogens with one attached hydrogen (secondary N) is 1. The number of fused-ring (bicyclic) bond motifs is 1. The molecule has 33 heavy (non-hydrogen) atoms. The van der Waals surface area contributed by atoms with E-state index in [0.717, 1.165) is 21.6 Å². The molecule has 0 fully saturated rings. The number of aryl methyl sites for hydroxylation is 1. The van der Waals surface area contributed by atoms with Crippen LogP contribution in [0.25, 0.3) is 10.2 Å². The van der Waals surface area contributed by atoms with Gasteiger partial charge in [0, 0.05) is 23.3 Å². The van der Waals surface area contributed by atoms with Crippen LogP contribution in [-0.2, 0) is 13.2 Å². The van der Waals surface area contributed by atoms with Gasteiger partial charge in [0.15, 0.2) is 0 Å². The lowest BCUT2D eigenvalue weighted by Gasteiger charge is -2.08. The van der Waals surface area contributed by atoms with Crippen LogP contribution >= 0.6 is 11.3 Å². The second-order valence-electron chi connectivity index (χ2n) is 7.65. The lowest BCUT2D eigenvalue weighted by Crippen LogP contribution is -2.10. The predicted octanol–water partition coefficient (Wildman–Crippen LogP) is 5.68. The highest BCUT2D eigenvalue weighted by molar-refractivity contribution is 7.20. The first-order valence-electron chi connectivity index (χ1n) is 10.6. The summed E-state index contributed by atoms with van der Waals surface area (Å²) in [7, 11) is 0. The van der Waals surface area contributed by atoms with Gasteiger partial charge in [-0.2, -0.15) is 5.10 Å². The fourth-order valence-corrected chi connectivity index (χ4v) is 4.64. The molecule has 0 spiro atoms. The number of benzene rings is 2. The summed E-state index contributed by atoms with van der Waals surface area (Å²) < 4.78 is 7.79. The Morgan fingerprint density at radius 2 is 1.88 bits per heavy atom. The average Bonchev–Trinajstić information content (AvgIpc) is 3.41. The van der Waals surface area contributed by atoms with Crippen molar-refractivity contribution in [3.05, 3.63) is 107 Å². The molecule has 0 aliphatic heterocycles. The van der Waals surface area contributed by atoms with Crippen molar-refractivity contribution in [3.63, 3.8) is 0 Å². The number of hydrogen-bond acceptors (Lipinski definition) is 5. The Balaban J connectivity index is 1.30. The first kappa shape index (κ1) is 20.9. The van der Waals surface area contributed by atoms with E-state index in [0.29, 0.717) is 29.5 Å². The van der Waals surface area contributed by atoms with Crippen molar-refractivity contribution < 1.29 is 9.53 Å². The number of nitrogens with zero attached hydrogens (tertiary/aromatic N) is 3. The number of aromatic nitrogens is 3. The fraction of sp³-hybridized carbons (Fsp3) is 0.115. The zero-order chi connectivity index (χ0) is 22.6. The molecule has 3 aromatic heterocycles. The van der Waals surface area contributed by atoms with E-state index in [4.69, 9.17) is 4.74 Å². The van der Waals surface area contributed by atoms with E-state index in [1.807, 2.05) is 78.3 Å². The fourth-order valence-electron chi connectivity index (χ4n) is 3.59. The third-order valence-corrected chi connectivity index (χ3v) is 6.36. The lowest BCUT2D eigenvalue weighted by atomic mass is 10.2. The number of amides is 1. The van der Waals surface area contributed by atoms with Crippen molar-refractivity contribution in [2.45, 2.75) is 20.1 Å². The van der Waals surface area contributed by atoms with Crippen LogP contribution in [-0.4, -0.2) is 20.7 Å². The van der Waals surface area contributed by atoms with E-state index in [-0.39, 0.29) is 5.91 Å². The number of carbonyl (C=O) groups excluding carboxylic acids is 1. The van der Waals surface area contributed by atoms with Gasteiger partial charge in [0.05, 0.1) is 22.8 Å². The Labute approximate surface area is 195 Å². The summed E-state index contributed by atoms with van der Waals surface area (Å²) in [5.41, 5.74) is 3.61. The van der Waals surface area contributed by atoms with Gasteiger partial charge in [0.1, 0.15) is 17.2 Å². The normalized spacial score (nSPS) is 10.9. The zero-order valence-electron chi connectivity index (χ0n) is 18.1. The lowest BCUT2D eigenvalue weighted by molar-refractivity contribution is 0.103. The van der Waals surface area contributed by atoms with E-state index in [2.05, 4.69) is 27.5 Å². The third kappa shape index (κ3) is 4.78. The molecule has 7 heteroatoms. The molecule has 0 saturated heterocycles. The first-order valence-corrected chi connectivity index (χ1v) is 11.4. The molecule has 2 aromatic carbocycles. The van der Waals surface area contributed by atoms with Gasteiger partial charge < -0.3 is 10.1 Å². The molecular weight excluding hydrogens is 432 g/mol. The van der Waals surface area contributed by atoms with Crippen LogP contribution in [0.3, 0.4) is 0 Å². The molecule has 0 unspecified atom stereocenters. The standard InChI is InChI=1S/C26H22N4O2S/c1-18-23-15-24(33-26(23)30(29-18)16-19-8-3-2-4-9-19)25(31)28-20-11-7-12-22(14-20)32-17-21-10-5-6-13-27-21/h2-15H,16-17H2,1H3,(H,28,31). The highest BCUT2D eigenvalue weighted by Gasteiger charge is 2.17. The molecular formula is C26H22N4O2S. The number of ether oxygens (including phenoxy) is 1. The number of pyridine rings is 1. The van der Waals surface area contributed by atoms with E-state index < -0.39 is 0 Å². The van der Waals surface area contributed by atoms with Gasteiger partial charge >= 0.3 is 0 Å². The second-order valence-corrected chi connectivity index (χ2v) is 8.68. The largest absolute Gasteiger partial charge is 0.487 e. The van der Waals surface area contributed by atoms with Crippen molar-refractivity contribution in [1.82, 2.24) is 14.8 Å². The number of carbonyl (C=O) groups is 1. The molecule has 1 N–H and O–H groups in total. The minimum Gasteiger partial charge on any atom is -0.487 e. The van der Waals surface area contributed by atoms with Gasteiger partial charge in [0.2, 0.25) is 0 Å². The summed E-state index contributed by atoms with van der Waals surface area (Å²) in [4.78, 5) is 18.9. The number of anilines is 1. The molecule has 0 atom stereocenters. The van der Waals surface area contributed by atoms with Crippen molar-refractivity contribution in [2.24, 2.45) is 0 Å². The van der Waals surface area contributed by atoms with E-state index in [1.165, 1.54) is 16.9 Å². The Bertz CT molecular complexity index is 1390. The predicted molar refractivity (Wildman–Crippen MR) is 131 cm³/mol. The third-order valence-electron chi connectivity index (χ3n) is 5.21. The average molecular weight is 455 g/mol. The van der Waals surface area contributed by atoms with Gasteiger partial charge in [0.25, 0.3) is 5.91 Å². The summed E-state index contributed by atoms with van der Waals surface area (Å²) in [6.45, 7) is 3.01. The quantitative estimate of drug-likeness (QED) is 0.343. The van der Waals surface area contributed by atoms with Gasteiger partial charge in [-0.3, -0.25) is 14.5 Å². The molecule has 3 heterocycles. The summed E-state index contributed by atoms with van der Waals surface area (Å²) in [5, 5.41) is 8.65. The van der Waals surface area contributed by atoms with Gasteiger partial charge in [-0.05, 0) is 42.8 Å². The van der Waals surface area contributed by atoms with Crippen LogP contribution in [0.5, 0.6) is 5.75 Å². The summed E-state index contributed by atoms with van der Waals surface area (Å²) >= 11 is 1.45. The van der Waals surface area contributed by atoms with Crippen molar-refractivity contribution in [2.75, 3.05) is 5.32 Å². The zero-order valence-corrected chi connectivity index (χ0v) is 18.9.